The highest BCUT2D eigenvalue weighted by molar-refractivity contribution is 5.86. The smallest absolute Gasteiger partial charge is 0.237 e. The van der Waals surface area contributed by atoms with Crippen molar-refractivity contribution in [1.82, 2.24) is 20.3 Å². The van der Waals surface area contributed by atoms with Crippen LogP contribution in [-0.4, -0.2) is 27.9 Å². The second-order valence-electron chi connectivity index (χ2n) is 7.60. The fourth-order valence-electron chi connectivity index (χ4n) is 4.28. The summed E-state index contributed by atoms with van der Waals surface area (Å²) in [5.41, 5.74) is 4.80. The monoisotopic (exact) mass is 397 g/mol. The molecular weight excluding hydrogens is 374 g/mol. The number of carbonyl (C=O) groups is 1. The van der Waals surface area contributed by atoms with Crippen molar-refractivity contribution in [1.29, 1.82) is 0 Å². The summed E-state index contributed by atoms with van der Waals surface area (Å²) in [6.07, 6.45) is 4.60. The van der Waals surface area contributed by atoms with Gasteiger partial charge in [0.05, 0.1) is 22.4 Å². The second kappa shape index (κ2) is 8.08. The molecule has 30 heavy (non-hydrogen) atoms. The number of hydrogen-bond acceptors (Lipinski definition) is 4. The van der Waals surface area contributed by atoms with Gasteiger partial charge in [0.2, 0.25) is 12.4 Å². The molecule has 2 unspecified atom stereocenters. The first-order valence-corrected chi connectivity index (χ1v) is 10.3. The number of rotatable bonds is 5. The summed E-state index contributed by atoms with van der Waals surface area (Å²) in [7, 11) is 0. The number of piperidine rings is 1. The Kier molecular flexibility index (Phi) is 4.99. The molecule has 0 spiro atoms. The number of para-hydroxylation sites is 1. The van der Waals surface area contributed by atoms with Crippen LogP contribution in [0, 0.1) is 0 Å². The number of aromatic nitrogens is 3. The summed E-state index contributed by atoms with van der Waals surface area (Å²) >= 11 is 0. The zero-order valence-corrected chi connectivity index (χ0v) is 16.5. The number of nitrogens with one attached hydrogen (secondary N) is 2. The Labute approximate surface area is 175 Å². The van der Waals surface area contributed by atoms with Crippen molar-refractivity contribution in [3.8, 4) is 0 Å². The third kappa shape index (κ3) is 3.46. The standard InChI is InChI=1S/C24H23N5O/c30-16-29(19-9-5-2-6-10-19)24-27-20-12-14-26-23(20)22(28-24)18-11-13-25-21(15-18)17-7-3-1-4-8-17/h1-10,12,14,16,18,21,25-26H,11,13,15H2. The molecule has 0 radical (unpaired) electrons. The molecule has 4 aromatic rings. The van der Waals surface area contributed by atoms with E-state index >= 15 is 0 Å². The lowest BCUT2D eigenvalue weighted by atomic mass is 9.86. The lowest BCUT2D eigenvalue weighted by Crippen LogP contribution is -2.31. The van der Waals surface area contributed by atoms with Crippen molar-refractivity contribution >= 4 is 29.1 Å². The number of aromatic amines is 1. The summed E-state index contributed by atoms with van der Waals surface area (Å²) in [6.45, 7) is 0.918. The third-order valence-corrected chi connectivity index (χ3v) is 5.77. The largest absolute Gasteiger partial charge is 0.358 e. The highest BCUT2D eigenvalue weighted by atomic mass is 16.1. The van der Waals surface area contributed by atoms with E-state index < -0.39 is 0 Å². The zero-order valence-electron chi connectivity index (χ0n) is 16.5. The predicted molar refractivity (Wildman–Crippen MR) is 118 cm³/mol. The third-order valence-electron chi connectivity index (χ3n) is 5.77. The quantitative estimate of drug-likeness (QED) is 0.488. The van der Waals surface area contributed by atoms with Crippen molar-refractivity contribution < 1.29 is 4.79 Å². The van der Waals surface area contributed by atoms with Gasteiger partial charge in [0.1, 0.15) is 0 Å². The molecule has 2 N–H and O–H groups in total. The Morgan fingerprint density at radius 3 is 2.50 bits per heavy atom. The van der Waals surface area contributed by atoms with Crippen LogP contribution in [0.15, 0.2) is 72.9 Å². The maximum Gasteiger partial charge on any atom is 0.237 e. The normalized spacial score (nSPS) is 18.9. The number of H-pyrrole nitrogens is 1. The van der Waals surface area contributed by atoms with Crippen LogP contribution in [0.2, 0.25) is 0 Å². The fraction of sp³-hybridized carbons (Fsp3) is 0.208. The molecule has 1 aliphatic heterocycles. The van der Waals surface area contributed by atoms with Crippen LogP contribution in [0.3, 0.4) is 0 Å². The van der Waals surface area contributed by atoms with Crippen molar-refractivity contribution in [2.75, 3.05) is 11.4 Å². The molecule has 2 aromatic carbocycles. The average molecular weight is 397 g/mol. The van der Waals surface area contributed by atoms with Crippen LogP contribution in [0.5, 0.6) is 0 Å². The van der Waals surface area contributed by atoms with Crippen LogP contribution < -0.4 is 10.2 Å². The number of amides is 1. The van der Waals surface area contributed by atoms with Gasteiger partial charge in [-0.15, -0.1) is 0 Å². The number of anilines is 2. The van der Waals surface area contributed by atoms with Gasteiger partial charge in [-0.2, -0.15) is 0 Å². The number of carbonyl (C=O) groups excluding carboxylic acids is 1. The van der Waals surface area contributed by atoms with E-state index in [0.717, 1.165) is 48.2 Å². The Hall–Kier alpha value is -3.51. The molecule has 2 aromatic heterocycles. The van der Waals surface area contributed by atoms with Crippen molar-refractivity contribution in [3.05, 3.63) is 84.2 Å². The lowest BCUT2D eigenvalue weighted by molar-refractivity contribution is -0.106. The topological polar surface area (TPSA) is 73.9 Å². The van der Waals surface area contributed by atoms with Gasteiger partial charge < -0.3 is 10.3 Å². The Morgan fingerprint density at radius 1 is 0.967 bits per heavy atom. The van der Waals surface area contributed by atoms with E-state index in [-0.39, 0.29) is 12.0 Å². The minimum atomic E-state index is 0.267. The summed E-state index contributed by atoms with van der Waals surface area (Å²) in [5.74, 6) is 0.678. The Bertz CT molecular complexity index is 1140. The number of hydrogen-bond donors (Lipinski definition) is 2. The van der Waals surface area contributed by atoms with Gasteiger partial charge in [0.25, 0.3) is 0 Å². The molecule has 0 saturated carbocycles. The number of nitrogens with zero attached hydrogens (tertiary/aromatic N) is 3. The maximum absolute atomic E-state index is 11.9. The number of benzene rings is 2. The Morgan fingerprint density at radius 2 is 1.73 bits per heavy atom. The van der Waals surface area contributed by atoms with Gasteiger partial charge in [-0.25, -0.2) is 9.97 Å². The van der Waals surface area contributed by atoms with E-state index in [1.54, 1.807) is 0 Å². The van der Waals surface area contributed by atoms with E-state index in [9.17, 15) is 4.79 Å². The summed E-state index contributed by atoms with van der Waals surface area (Å²) in [6, 6.07) is 22.2. The highest BCUT2D eigenvalue weighted by Crippen LogP contribution is 2.37. The minimum absolute atomic E-state index is 0.267. The molecule has 1 fully saturated rings. The molecule has 1 amide bonds. The molecule has 5 rings (SSSR count). The van der Waals surface area contributed by atoms with E-state index in [4.69, 9.17) is 4.98 Å². The van der Waals surface area contributed by atoms with Crippen LogP contribution >= 0.6 is 0 Å². The van der Waals surface area contributed by atoms with Crippen LogP contribution in [0.25, 0.3) is 11.0 Å². The van der Waals surface area contributed by atoms with Crippen LogP contribution in [0.4, 0.5) is 11.6 Å². The molecule has 6 nitrogen and oxygen atoms in total. The molecule has 6 heteroatoms. The van der Waals surface area contributed by atoms with E-state index in [2.05, 4.69) is 39.6 Å². The molecule has 1 saturated heterocycles. The minimum Gasteiger partial charge on any atom is -0.358 e. The van der Waals surface area contributed by atoms with E-state index in [1.165, 1.54) is 10.5 Å². The van der Waals surface area contributed by atoms with Crippen LogP contribution in [0.1, 0.15) is 36.1 Å². The SMILES string of the molecule is O=CN(c1ccccc1)c1nc(C2CCNC(c3ccccc3)C2)c2[nH]ccc2n1. The van der Waals surface area contributed by atoms with Gasteiger partial charge in [-0.1, -0.05) is 48.5 Å². The van der Waals surface area contributed by atoms with Gasteiger partial charge in [-0.05, 0) is 43.1 Å². The molecule has 0 aliphatic carbocycles. The Balaban J connectivity index is 1.54. The summed E-state index contributed by atoms with van der Waals surface area (Å²) in [5, 5.41) is 3.63. The van der Waals surface area contributed by atoms with Gasteiger partial charge >= 0.3 is 0 Å². The van der Waals surface area contributed by atoms with Crippen molar-refractivity contribution in [2.45, 2.75) is 24.8 Å². The van der Waals surface area contributed by atoms with E-state index in [1.807, 2.05) is 48.7 Å². The lowest BCUT2D eigenvalue weighted by Gasteiger charge is -2.31. The summed E-state index contributed by atoms with van der Waals surface area (Å²) < 4.78 is 0. The fourth-order valence-corrected chi connectivity index (χ4v) is 4.28. The first kappa shape index (κ1) is 18.5. The van der Waals surface area contributed by atoms with E-state index in [0.29, 0.717) is 5.95 Å². The average Bonchev–Trinajstić information content (AvgIpc) is 3.29. The predicted octanol–water partition coefficient (Wildman–Crippen LogP) is 4.46. The molecule has 2 atom stereocenters. The summed E-state index contributed by atoms with van der Waals surface area (Å²) in [4.78, 5) is 26.3. The van der Waals surface area contributed by atoms with Gasteiger partial charge in [0, 0.05) is 18.2 Å². The van der Waals surface area contributed by atoms with Gasteiger partial charge in [-0.3, -0.25) is 9.69 Å². The highest BCUT2D eigenvalue weighted by Gasteiger charge is 2.28. The van der Waals surface area contributed by atoms with Gasteiger partial charge in [0.15, 0.2) is 0 Å². The molecule has 150 valence electrons. The zero-order chi connectivity index (χ0) is 20.3. The second-order valence-corrected chi connectivity index (χ2v) is 7.60. The van der Waals surface area contributed by atoms with Crippen molar-refractivity contribution in [2.24, 2.45) is 0 Å². The maximum atomic E-state index is 11.9. The molecule has 3 heterocycles. The first-order valence-electron chi connectivity index (χ1n) is 10.3. The number of fused-ring (bicyclic) bond motifs is 1. The molecule has 1 aliphatic rings. The molecule has 0 bridgehead atoms. The molecular formula is C24H23N5O. The first-order chi connectivity index (χ1) is 14.8. The van der Waals surface area contributed by atoms with Crippen LogP contribution in [-0.2, 0) is 4.79 Å². The van der Waals surface area contributed by atoms with Crippen molar-refractivity contribution in [3.63, 3.8) is 0 Å².